The van der Waals surface area contributed by atoms with E-state index in [1.807, 2.05) is 0 Å². The maximum atomic E-state index is 13.8. The van der Waals surface area contributed by atoms with Gasteiger partial charge in [0, 0.05) is 11.1 Å². The normalized spacial score (nSPS) is 10.6. The number of ketones is 1. The molecule has 0 fully saturated rings. The van der Waals surface area contributed by atoms with Gasteiger partial charge >= 0.3 is 11.9 Å². The number of carbonyl (C=O) groups excluding carboxylic acids is 3. The van der Waals surface area contributed by atoms with Gasteiger partial charge in [0.1, 0.15) is 11.6 Å². The summed E-state index contributed by atoms with van der Waals surface area (Å²) in [7, 11) is 0. The molecule has 0 atom stereocenters. The molecule has 0 saturated carbocycles. The van der Waals surface area contributed by atoms with Crippen LogP contribution in [0, 0.1) is 24.5 Å². The second kappa shape index (κ2) is 8.01. The van der Waals surface area contributed by atoms with Crippen LogP contribution in [0.5, 0.6) is 0 Å². The van der Waals surface area contributed by atoms with Crippen LogP contribution in [0.25, 0.3) is 0 Å². The maximum Gasteiger partial charge on any atom is 0.328 e. The molecule has 0 radical (unpaired) electrons. The Morgan fingerprint density at radius 1 is 1.13 bits per heavy atom. The fourth-order valence-corrected chi connectivity index (χ4v) is 2.07. The van der Waals surface area contributed by atoms with Crippen molar-refractivity contribution in [3.8, 4) is 0 Å². The highest BCUT2D eigenvalue weighted by Crippen LogP contribution is 2.28. The van der Waals surface area contributed by atoms with Gasteiger partial charge in [-0.2, -0.15) is 0 Å². The molecule has 0 amide bonds. The van der Waals surface area contributed by atoms with Crippen molar-refractivity contribution in [1.29, 1.82) is 0 Å². The van der Waals surface area contributed by atoms with Crippen molar-refractivity contribution in [2.75, 3.05) is 13.2 Å². The summed E-state index contributed by atoms with van der Waals surface area (Å²) in [4.78, 5) is 36.1. The summed E-state index contributed by atoms with van der Waals surface area (Å²) >= 11 is 5.71. The van der Waals surface area contributed by atoms with Crippen LogP contribution in [0.4, 0.5) is 8.78 Å². The molecule has 0 aliphatic heterocycles. The van der Waals surface area contributed by atoms with E-state index in [4.69, 9.17) is 11.6 Å². The van der Waals surface area contributed by atoms with E-state index in [-0.39, 0.29) is 18.8 Å². The van der Waals surface area contributed by atoms with Crippen molar-refractivity contribution in [2.45, 2.75) is 20.8 Å². The van der Waals surface area contributed by atoms with E-state index in [0.717, 1.165) is 6.92 Å². The van der Waals surface area contributed by atoms with Crippen LogP contribution in [-0.4, -0.2) is 30.9 Å². The molecule has 0 aliphatic carbocycles. The van der Waals surface area contributed by atoms with Crippen LogP contribution in [-0.2, 0) is 19.1 Å². The summed E-state index contributed by atoms with van der Waals surface area (Å²) < 4.78 is 36.8. The van der Waals surface area contributed by atoms with E-state index in [1.165, 1.54) is 13.8 Å². The van der Waals surface area contributed by atoms with Crippen molar-refractivity contribution in [2.24, 2.45) is 5.92 Å². The molecule has 0 bridgehead atoms. The second-order valence-electron chi connectivity index (χ2n) is 4.46. The summed E-state index contributed by atoms with van der Waals surface area (Å²) in [6.45, 7) is 3.91. The molecule has 0 aromatic heterocycles. The number of Topliss-reactive ketones (excluding diaryl/α,β-unsaturated/α-hetero) is 1. The first-order valence-electron chi connectivity index (χ1n) is 6.77. The van der Waals surface area contributed by atoms with Crippen molar-refractivity contribution < 1.29 is 32.6 Å². The molecule has 0 unspecified atom stereocenters. The molecule has 8 heteroatoms. The minimum atomic E-state index is -1.99. The minimum Gasteiger partial charge on any atom is -0.465 e. The summed E-state index contributed by atoms with van der Waals surface area (Å²) in [5.41, 5.74) is -1.01. The largest absolute Gasteiger partial charge is 0.465 e. The highest BCUT2D eigenvalue weighted by molar-refractivity contribution is 6.36. The number of benzene rings is 1. The first-order chi connectivity index (χ1) is 10.8. The molecule has 0 heterocycles. The zero-order valence-electron chi connectivity index (χ0n) is 12.7. The Bertz CT molecular complexity index is 627. The summed E-state index contributed by atoms with van der Waals surface area (Å²) in [6.07, 6.45) is 0. The van der Waals surface area contributed by atoms with Gasteiger partial charge in [-0.25, -0.2) is 8.78 Å². The Labute approximate surface area is 136 Å². The fourth-order valence-electron chi connectivity index (χ4n) is 1.78. The quantitative estimate of drug-likeness (QED) is 0.342. The summed E-state index contributed by atoms with van der Waals surface area (Å²) in [5, 5.41) is -0.674. The Hall–Kier alpha value is -2.02. The highest BCUT2D eigenvalue weighted by Gasteiger charge is 2.39. The third-order valence-electron chi connectivity index (χ3n) is 2.96. The molecule has 1 rings (SSSR count). The minimum absolute atomic E-state index is 0.0909. The smallest absolute Gasteiger partial charge is 0.328 e. The molecule has 0 saturated heterocycles. The monoisotopic (exact) mass is 348 g/mol. The van der Waals surface area contributed by atoms with Crippen molar-refractivity contribution >= 4 is 29.3 Å². The Balaban J connectivity index is 3.35. The molecule has 1 aromatic rings. The number of rotatable bonds is 6. The molecule has 0 spiro atoms. The third-order valence-corrected chi connectivity index (χ3v) is 3.33. The zero-order chi connectivity index (χ0) is 17.7. The lowest BCUT2D eigenvalue weighted by Crippen LogP contribution is -2.35. The van der Waals surface area contributed by atoms with Gasteiger partial charge in [-0.05, 0) is 26.8 Å². The number of ether oxygens (including phenoxy) is 2. The van der Waals surface area contributed by atoms with Crippen LogP contribution in [0.3, 0.4) is 0 Å². The number of hydrogen-bond donors (Lipinski definition) is 0. The molecular formula is C15H15ClF2O5. The van der Waals surface area contributed by atoms with Gasteiger partial charge in [-0.15, -0.1) is 0 Å². The first-order valence-corrected chi connectivity index (χ1v) is 7.15. The van der Waals surface area contributed by atoms with Crippen LogP contribution in [0.2, 0.25) is 5.02 Å². The van der Waals surface area contributed by atoms with E-state index in [2.05, 4.69) is 9.47 Å². The summed E-state index contributed by atoms with van der Waals surface area (Å²) in [5.74, 6) is -7.69. The van der Waals surface area contributed by atoms with E-state index < -0.39 is 45.9 Å². The lowest BCUT2D eigenvalue weighted by Gasteiger charge is -2.15. The molecular weight excluding hydrogens is 334 g/mol. The SMILES string of the molecule is CCOC(=O)C(C(=O)OCC)C(=O)c1cc(F)c(C)c(F)c1Cl. The van der Waals surface area contributed by atoms with E-state index >= 15 is 0 Å². The number of esters is 2. The van der Waals surface area contributed by atoms with Crippen LogP contribution < -0.4 is 0 Å². The van der Waals surface area contributed by atoms with Crippen LogP contribution in [0.1, 0.15) is 29.8 Å². The van der Waals surface area contributed by atoms with E-state index in [0.29, 0.717) is 6.07 Å². The van der Waals surface area contributed by atoms with Gasteiger partial charge in [0.15, 0.2) is 5.78 Å². The summed E-state index contributed by atoms with van der Waals surface area (Å²) in [6, 6.07) is 0.675. The highest BCUT2D eigenvalue weighted by atomic mass is 35.5. The molecule has 126 valence electrons. The van der Waals surface area contributed by atoms with Gasteiger partial charge in [0.25, 0.3) is 0 Å². The predicted molar refractivity (Wildman–Crippen MR) is 77.2 cm³/mol. The Kier molecular flexibility index (Phi) is 6.62. The van der Waals surface area contributed by atoms with Crippen LogP contribution >= 0.6 is 11.6 Å². The Morgan fingerprint density at radius 2 is 1.61 bits per heavy atom. The lowest BCUT2D eigenvalue weighted by atomic mass is 9.96. The average Bonchev–Trinajstić information content (AvgIpc) is 2.49. The molecule has 23 heavy (non-hydrogen) atoms. The lowest BCUT2D eigenvalue weighted by molar-refractivity contribution is -0.158. The molecule has 5 nitrogen and oxygen atoms in total. The Morgan fingerprint density at radius 3 is 2.04 bits per heavy atom. The van der Waals surface area contributed by atoms with Gasteiger partial charge < -0.3 is 9.47 Å². The van der Waals surface area contributed by atoms with Crippen molar-refractivity contribution in [3.05, 3.63) is 33.9 Å². The van der Waals surface area contributed by atoms with E-state index in [1.54, 1.807) is 0 Å². The van der Waals surface area contributed by atoms with Crippen LogP contribution in [0.15, 0.2) is 6.07 Å². The zero-order valence-corrected chi connectivity index (χ0v) is 13.5. The van der Waals surface area contributed by atoms with E-state index in [9.17, 15) is 23.2 Å². The first kappa shape index (κ1) is 19.0. The maximum absolute atomic E-state index is 13.8. The number of carbonyl (C=O) groups is 3. The fraction of sp³-hybridized carbons (Fsp3) is 0.400. The topological polar surface area (TPSA) is 69.7 Å². The van der Waals surface area contributed by atoms with Crippen molar-refractivity contribution in [1.82, 2.24) is 0 Å². The van der Waals surface area contributed by atoms with Gasteiger partial charge in [-0.1, -0.05) is 11.6 Å². The number of hydrogen-bond acceptors (Lipinski definition) is 5. The molecule has 0 N–H and O–H groups in total. The average molecular weight is 349 g/mol. The second-order valence-corrected chi connectivity index (χ2v) is 4.84. The standard InChI is InChI=1S/C15H15ClF2O5/c1-4-22-14(20)10(15(21)23-5-2)13(19)8-6-9(17)7(3)12(18)11(8)16/h6,10H,4-5H2,1-3H3. The van der Waals surface area contributed by atoms with Crippen molar-refractivity contribution in [3.63, 3.8) is 0 Å². The van der Waals surface area contributed by atoms with Gasteiger partial charge in [-0.3, -0.25) is 14.4 Å². The molecule has 0 aliphatic rings. The third kappa shape index (κ3) is 4.04. The van der Waals surface area contributed by atoms with Gasteiger partial charge in [0.05, 0.1) is 18.2 Å². The number of halogens is 3. The predicted octanol–water partition coefficient (Wildman–Crippen LogP) is 2.85. The van der Waals surface area contributed by atoms with Gasteiger partial charge in [0.2, 0.25) is 5.92 Å². The molecule has 1 aromatic carbocycles.